The second-order valence-corrected chi connectivity index (χ2v) is 8.47. The Kier molecular flexibility index (Phi) is 6.77. The number of rotatable bonds is 5. The maximum absolute atomic E-state index is 12.9. The largest absolute Gasteiger partial charge is 0.451 e. The van der Waals surface area contributed by atoms with Crippen LogP contribution < -0.4 is 10.2 Å². The number of halogens is 3. The van der Waals surface area contributed by atoms with Crippen LogP contribution in [0.3, 0.4) is 0 Å². The number of carbonyl (C=O) groups is 1. The molecule has 3 aromatic rings. The molecule has 0 spiro atoms. The number of furan rings is 1. The summed E-state index contributed by atoms with van der Waals surface area (Å²) in [5, 5.41) is 4.36. The molecule has 1 amide bonds. The number of likely N-dealkylation sites (N-methyl/N-ethyl adjacent to an activating group) is 1. The van der Waals surface area contributed by atoms with Crippen LogP contribution in [0, 0.1) is 0 Å². The average Bonchev–Trinajstić information content (AvgIpc) is 3.26. The first-order valence-corrected chi connectivity index (χ1v) is 11.2. The minimum absolute atomic E-state index is 0.174. The van der Waals surface area contributed by atoms with Crippen LogP contribution in [0.1, 0.15) is 17.5 Å². The second kappa shape index (κ2) is 9.53. The molecule has 0 aliphatic carbocycles. The van der Waals surface area contributed by atoms with Crippen LogP contribution in [0.5, 0.6) is 0 Å². The van der Waals surface area contributed by atoms with Crippen LogP contribution in [0.25, 0.3) is 11.3 Å². The van der Waals surface area contributed by atoms with Gasteiger partial charge in [0.1, 0.15) is 5.76 Å². The summed E-state index contributed by atoms with van der Waals surface area (Å²) < 4.78 is 5.78. The second-order valence-electron chi connectivity index (χ2n) is 7.28. The first-order chi connectivity index (χ1) is 15.0. The molecule has 4 rings (SSSR count). The summed E-state index contributed by atoms with van der Waals surface area (Å²) in [5.74, 6) is 0.285. The van der Waals surface area contributed by atoms with Gasteiger partial charge >= 0.3 is 0 Å². The maximum atomic E-state index is 12.9. The SMILES string of the molecule is CCN1CCN(c2c(Cl)cccc2NC(=O)c2ccc(-c3cccc(Cl)c3Cl)o2)CC1. The number of benzene rings is 2. The van der Waals surface area contributed by atoms with Gasteiger partial charge in [0, 0.05) is 31.7 Å². The Hall–Kier alpha value is -2.18. The van der Waals surface area contributed by atoms with Crippen molar-refractivity contribution in [1.29, 1.82) is 0 Å². The third-order valence-electron chi connectivity index (χ3n) is 5.42. The highest BCUT2D eigenvalue weighted by Crippen LogP contribution is 2.36. The van der Waals surface area contributed by atoms with Crippen LogP contribution >= 0.6 is 34.8 Å². The van der Waals surface area contributed by atoms with Gasteiger partial charge in [0.25, 0.3) is 5.91 Å². The van der Waals surface area contributed by atoms with E-state index >= 15 is 0 Å². The molecule has 1 fully saturated rings. The third-order valence-corrected chi connectivity index (χ3v) is 6.54. The predicted molar refractivity (Wildman–Crippen MR) is 128 cm³/mol. The topological polar surface area (TPSA) is 48.7 Å². The third kappa shape index (κ3) is 4.70. The zero-order valence-electron chi connectivity index (χ0n) is 17.0. The van der Waals surface area contributed by atoms with Gasteiger partial charge in [0.2, 0.25) is 0 Å². The van der Waals surface area contributed by atoms with Gasteiger partial charge in [-0.15, -0.1) is 0 Å². The molecule has 0 unspecified atom stereocenters. The molecule has 1 aliphatic rings. The van der Waals surface area contributed by atoms with E-state index in [4.69, 9.17) is 39.2 Å². The fourth-order valence-corrected chi connectivity index (χ4v) is 4.40. The molecule has 2 aromatic carbocycles. The molecule has 0 bridgehead atoms. The average molecular weight is 479 g/mol. The lowest BCUT2D eigenvalue weighted by molar-refractivity contribution is 0.0997. The van der Waals surface area contributed by atoms with Crippen molar-refractivity contribution in [3.05, 3.63) is 69.4 Å². The minimum Gasteiger partial charge on any atom is -0.451 e. The Balaban J connectivity index is 1.55. The van der Waals surface area contributed by atoms with Crippen molar-refractivity contribution in [1.82, 2.24) is 4.90 Å². The molecule has 5 nitrogen and oxygen atoms in total. The number of amides is 1. The summed E-state index contributed by atoms with van der Waals surface area (Å²) in [6.45, 7) is 6.79. The van der Waals surface area contributed by atoms with Crippen molar-refractivity contribution in [3.63, 3.8) is 0 Å². The zero-order valence-corrected chi connectivity index (χ0v) is 19.3. The number of carbonyl (C=O) groups excluding carboxylic acids is 1. The van der Waals surface area contributed by atoms with E-state index in [2.05, 4.69) is 22.0 Å². The fourth-order valence-electron chi connectivity index (χ4n) is 3.71. The lowest BCUT2D eigenvalue weighted by Gasteiger charge is -2.36. The first-order valence-electron chi connectivity index (χ1n) is 10.1. The molecular formula is C23H22Cl3N3O2. The normalized spacial score (nSPS) is 14.6. The van der Waals surface area contributed by atoms with Crippen LogP contribution in [0.4, 0.5) is 11.4 Å². The van der Waals surface area contributed by atoms with Gasteiger partial charge in [-0.25, -0.2) is 0 Å². The summed E-state index contributed by atoms with van der Waals surface area (Å²) in [5.41, 5.74) is 2.12. The molecule has 1 N–H and O–H groups in total. The monoisotopic (exact) mass is 477 g/mol. The van der Waals surface area contributed by atoms with Crippen molar-refractivity contribution < 1.29 is 9.21 Å². The highest BCUT2D eigenvalue weighted by Gasteiger charge is 2.22. The number of nitrogens with one attached hydrogen (secondary N) is 1. The van der Waals surface area contributed by atoms with Gasteiger partial charge in [0.05, 0.1) is 26.4 Å². The Bertz CT molecular complexity index is 1090. The summed E-state index contributed by atoms with van der Waals surface area (Å²) in [6, 6.07) is 14.1. The van der Waals surface area contributed by atoms with Gasteiger partial charge in [-0.3, -0.25) is 4.79 Å². The highest BCUT2D eigenvalue weighted by atomic mass is 35.5. The van der Waals surface area contributed by atoms with Crippen molar-refractivity contribution in [2.75, 3.05) is 42.9 Å². The van der Waals surface area contributed by atoms with Crippen molar-refractivity contribution in [2.24, 2.45) is 0 Å². The van der Waals surface area contributed by atoms with Crippen molar-refractivity contribution in [2.45, 2.75) is 6.92 Å². The zero-order chi connectivity index (χ0) is 22.0. The van der Waals surface area contributed by atoms with Crippen LogP contribution in [0.2, 0.25) is 15.1 Å². The quantitative estimate of drug-likeness (QED) is 0.467. The van der Waals surface area contributed by atoms with E-state index in [1.54, 1.807) is 30.3 Å². The number of anilines is 2. The molecule has 0 atom stereocenters. The molecule has 1 saturated heterocycles. The molecule has 2 heterocycles. The van der Waals surface area contributed by atoms with E-state index in [1.165, 1.54) is 0 Å². The summed E-state index contributed by atoms with van der Waals surface area (Å²) in [7, 11) is 0. The molecule has 162 valence electrons. The lowest BCUT2D eigenvalue weighted by Crippen LogP contribution is -2.46. The molecule has 1 aromatic heterocycles. The fraction of sp³-hybridized carbons (Fsp3) is 0.261. The van der Waals surface area contributed by atoms with E-state index in [-0.39, 0.29) is 11.7 Å². The molecule has 1 aliphatic heterocycles. The standard InChI is InChI=1S/C23H22Cl3N3O2/c1-2-28-11-13-29(14-12-28)22-17(25)7-4-8-18(22)27-23(30)20-10-9-19(31-20)15-5-3-6-16(24)21(15)26/h3-10H,2,11-14H2,1H3,(H,27,30). The Labute approximate surface area is 196 Å². The summed E-state index contributed by atoms with van der Waals surface area (Å²) in [4.78, 5) is 17.5. The summed E-state index contributed by atoms with van der Waals surface area (Å²) in [6.07, 6.45) is 0. The van der Waals surface area contributed by atoms with Crippen LogP contribution in [0.15, 0.2) is 52.9 Å². The van der Waals surface area contributed by atoms with E-state index < -0.39 is 0 Å². The Morgan fingerprint density at radius 2 is 1.68 bits per heavy atom. The molecular weight excluding hydrogens is 457 g/mol. The Morgan fingerprint density at radius 1 is 0.968 bits per heavy atom. The van der Waals surface area contributed by atoms with Crippen molar-refractivity contribution >= 4 is 52.1 Å². The number of hydrogen-bond donors (Lipinski definition) is 1. The van der Waals surface area contributed by atoms with Gasteiger partial charge in [-0.2, -0.15) is 0 Å². The van der Waals surface area contributed by atoms with E-state index in [9.17, 15) is 4.79 Å². The van der Waals surface area contributed by atoms with Gasteiger partial charge < -0.3 is 19.5 Å². The summed E-state index contributed by atoms with van der Waals surface area (Å²) >= 11 is 18.9. The first kappa shape index (κ1) is 22.0. The predicted octanol–water partition coefficient (Wildman–Crippen LogP) is 6.30. The van der Waals surface area contributed by atoms with E-state index in [1.807, 2.05) is 18.2 Å². The number of nitrogens with zero attached hydrogens (tertiary/aromatic N) is 2. The molecule has 0 radical (unpaired) electrons. The van der Waals surface area contributed by atoms with Gasteiger partial charge in [-0.1, -0.05) is 53.9 Å². The highest BCUT2D eigenvalue weighted by molar-refractivity contribution is 6.43. The van der Waals surface area contributed by atoms with Gasteiger partial charge in [0.15, 0.2) is 5.76 Å². The van der Waals surface area contributed by atoms with Crippen molar-refractivity contribution in [3.8, 4) is 11.3 Å². The van der Waals surface area contributed by atoms with Crippen LogP contribution in [-0.4, -0.2) is 43.5 Å². The smallest absolute Gasteiger partial charge is 0.291 e. The molecule has 8 heteroatoms. The maximum Gasteiger partial charge on any atom is 0.291 e. The number of hydrogen-bond acceptors (Lipinski definition) is 4. The number of para-hydroxylation sites is 1. The number of piperazine rings is 1. The molecule has 0 saturated carbocycles. The van der Waals surface area contributed by atoms with E-state index in [0.717, 1.165) is 38.4 Å². The lowest BCUT2D eigenvalue weighted by atomic mass is 10.2. The van der Waals surface area contributed by atoms with Crippen LogP contribution in [-0.2, 0) is 0 Å². The molecule has 31 heavy (non-hydrogen) atoms. The Morgan fingerprint density at radius 3 is 2.42 bits per heavy atom. The van der Waals surface area contributed by atoms with Gasteiger partial charge in [-0.05, 0) is 42.9 Å². The van der Waals surface area contributed by atoms with E-state index in [0.29, 0.717) is 32.1 Å². The minimum atomic E-state index is -0.361.